The Kier molecular flexibility index (Phi) is 5.13. The maximum absolute atomic E-state index is 12.6. The molecule has 1 aliphatic rings. The Morgan fingerprint density at radius 3 is 2.50 bits per heavy atom. The minimum Gasteiger partial charge on any atom is -0.317 e. The number of hydrogen-bond donors (Lipinski definition) is 1. The van der Waals surface area contributed by atoms with Crippen LogP contribution in [0.3, 0.4) is 0 Å². The summed E-state index contributed by atoms with van der Waals surface area (Å²) >= 11 is 7.14. The molecule has 0 radical (unpaired) electrons. The second kappa shape index (κ2) is 6.32. The number of halogens is 1. The molecule has 1 fully saturated rings. The smallest absolute Gasteiger partial charge is 0.252 e. The maximum atomic E-state index is 12.6. The summed E-state index contributed by atoms with van der Waals surface area (Å²) in [5, 5.41) is 3.25. The van der Waals surface area contributed by atoms with Crippen molar-refractivity contribution in [2.45, 2.75) is 36.9 Å². The first kappa shape index (κ1) is 16.2. The van der Waals surface area contributed by atoms with E-state index < -0.39 is 10.0 Å². The van der Waals surface area contributed by atoms with E-state index in [1.165, 1.54) is 0 Å². The standard InChI is InChI=1S/C13H21ClN2O2S2/c1-9-8-12(19-13(9)14)20(17,18)16-6-4-11(5-7-16)10(2)15-3/h8,10-11,15H,4-7H2,1-3H3. The fourth-order valence-corrected chi connectivity index (χ4v) is 5.87. The number of aryl methyl sites for hydroxylation is 1. The molecule has 1 unspecified atom stereocenters. The van der Waals surface area contributed by atoms with E-state index in [4.69, 9.17) is 11.6 Å². The van der Waals surface area contributed by atoms with E-state index in [-0.39, 0.29) is 0 Å². The molecular weight excluding hydrogens is 316 g/mol. The highest BCUT2D eigenvalue weighted by atomic mass is 35.5. The highest BCUT2D eigenvalue weighted by Gasteiger charge is 2.32. The van der Waals surface area contributed by atoms with Crippen molar-refractivity contribution in [3.63, 3.8) is 0 Å². The Bertz CT molecular complexity index is 543. The highest BCUT2D eigenvalue weighted by molar-refractivity contribution is 7.91. The fourth-order valence-electron chi connectivity index (χ4n) is 2.54. The molecule has 20 heavy (non-hydrogen) atoms. The molecule has 0 bridgehead atoms. The average Bonchev–Trinajstić information content (AvgIpc) is 2.78. The Morgan fingerprint density at radius 2 is 2.05 bits per heavy atom. The first-order valence-corrected chi connectivity index (χ1v) is 9.43. The van der Waals surface area contributed by atoms with Gasteiger partial charge in [-0.15, -0.1) is 11.3 Å². The highest BCUT2D eigenvalue weighted by Crippen LogP contribution is 2.33. The van der Waals surface area contributed by atoms with Gasteiger partial charge in [-0.1, -0.05) is 11.6 Å². The van der Waals surface area contributed by atoms with Crippen LogP contribution in [-0.4, -0.2) is 38.9 Å². The summed E-state index contributed by atoms with van der Waals surface area (Å²) in [4.78, 5) is 0. The lowest BCUT2D eigenvalue weighted by Crippen LogP contribution is -2.43. The number of piperidine rings is 1. The van der Waals surface area contributed by atoms with E-state index in [1.807, 2.05) is 14.0 Å². The van der Waals surface area contributed by atoms with Crippen molar-refractivity contribution in [1.29, 1.82) is 0 Å². The van der Waals surface area contributed by atoms with Crippen molar-refractivity contribution in [2.75, 3.05) is 20.1 Å². The van der Waals surface area contributed by atoms with Crippen LogP contribution in [0.2, 0.25) is 4.34 Å². The molecular formula is C13H21ClN2O2S2. The van der Waals surface area contributed by atoms with Gasteiger partial charge in [-0.2, -0.15) is 4.31 Å². The number of sulfonamides is 1. The Labute approximate surface area is 130 Å². The molecule has 1 aromatic heterocycles. The van der Waals surface area contributed by atoms with Gasteiger partial charge in [0.15, 0.2) is 0 Å². The molecule has 0 saturated carbocycles. The van der Waals surface area contributed by atoms with Gasteiger partial charge < -0.3 is 5.32 Å². The Morgan fingerprint density at radius 1 is 1.45 bits per heavy atom. The van der Waals surface area contributed by atoms with Crippen LogP contribution >= 0.6 is 22.9 Å². The minimum atomic E-state index is -3.37. The summed E-state index contributed by atoms with van der Waals surface area (Å²) in [5.74, 6) is 0.542. The molecule has 2 heterocycles. The van der Waals surface area contributed by atoms with Crippen LogP contribution < -0.4 is 5.32 Å². The largest absolute Gasteiger partial charge is 0.317 e. The van der Waals surface area contributed by atoms with Crippen LogP contribution in [0, 0.1) is 12.8 Å². The zero-order chi connectivity index (χ0) is 14.9. The zero-order valence-corrected chi connectivity index (χ0v) is 14.4. The second-order valence-corrected chi connectivity index (χ2v) is 9.16. The summed E-state index contributed by atoms with van der Waals surface area (Å²) < 4.78 is 27.6. The van der Waals surface area contributed by atoms with Gasteiger partial charge in [-0.05, 0) is 51.3 Å². The first-order valence-electron chi connectivity index (χ1n) is 6.79. The van der Waals surface area contributed by atoms with Crippen LogP contribution in [0.4, 0.5) is 0 Å². The number of nitrogens with zero attached hydrogens (tertiary/aromatic N) is 1. The third kappa shape index (κ3) is 3.20. The van der Waals surface area contributed by atoms with Crippen LogP contribution in [-0.2, 0) is 10.0 Å². The van der Waals surface area contributed by atoms with Crippen LogP contribution in [0.25, 0.3) is 0 Å². The fraction of sp³-hybridized carbons (Fsp3) is 0.692. The van der Waals surface area contributed by atoms with Gasteiger partial charge in [0.05, 0.1) is 4.34 Å². The maximum Gasteiger partial charge on any atom is 0.252 e. The van der Waals surface area contributed by atoms with Gasteiger partial charge in [0.1, 0.15) is 4.21 Å². The molecule has 2 rings (SSSR count). The number of hydrogen-bond acceptors (Lipinski definition) is 4. The monoisotopic (exact) mass is 336 g/mol. The summed E-state index contributed by atoms with van der Waals surface area (Å²) in [6.07, 6.45) is 1.80. The average molecular weight is 337 g/mol. The van der Waals surface area contributed by atoms with Crippen molar-refractivity contribution >= 4 is 33.0 Å². The quantitative estimate of drug-likeness (QED) is 0.919. The molecule has 1 aromatic rings. The summed E-state index contributed by atoms with van der Waals surface area (Å²) in [6.45, 7) is 5.16. The number of nitrogens with one attached hydrogen (secondary N) is 1. The SMILES string of the molecule is CNC(C)C1CCN(S(=O)(=O)c2cc(C)c(Cl)s2)CC1. The van der Waals surface area contributed by atoms with E-state index in [2.05, 4.69) is 12.2 Å². The van der Waals surface area contributed by atoms with Crippen LogP contribution in [0.15, 0.2) is 10.3 Å². The summed E-state index contributed by atoms with van der Waals surface area (Å²) in [7, 11) is -1.42. The van der Waals surface area contributed by atoms with Crippen molar-refractivity contribution in [1.82, 2.24) is 9.62 Å². The van der Waals surface area contributed by atoms with Crippen molar-refractivity contribution in [3.8, 4) is 0 Å². The van der Waals surface area contributed by atoms with Crippen molar-refractivity contribution in [3.05, 3.63) is 16.0 Å². The van der Waals surface area contributed by atoms with E-state index in [0.29, 0.717) is 33.6 Å². The predicted molar refractivity (Wildman–Crippen MR) is 84.1 cm³/mol. The molecule has 114 valence electrons. The molecule has 0 amide bonds. The van der Waals surface area contributed by atoms with Gasteiger partial charge in [-0.3, -0.25) is 0 Å². The van der Waals surface area contributed by atoms with Gasteiger partial charge in [0, 0.05) is 19.1 Å². The molecule has 7 heteroatoms. The minimum absolute atomic E-state index is 0.361. The van der Waals surface area contributed by atoms with Gasteiger partial charge in [0.2, 0.25) is 0 Å². The lowest BCUT2D eigenvalue weighted by atomic mass is 9.91. The number of thiophene rings is 1. The first-order chi connectivity index (χ1) is 9.36. The lowest BCUT2D eigenvalue weighted by molar-refractivity contribution is 0.237. The van der Waals surface area contributed by atoms with Gasteiger partial charge in [-0.25, -0.2) is 8.42 Å². The van der Waals surface area contributed by atoms with E-state index in [0.717, 1.165) is 29.7 Å². The molecule has 4 nitrogen and oxygen atoms in total. The van der Waals surface area contributed by atoms with E-state index >= 15 is 0 Å². The second-order valence-electron chi connectivity index (χ2n) is 5.34. The normalized spacial score (nSPS) is 20.2. The third-order valence-electron chi connectivity index (χ3n) is 4.09. The van der Waals surface area contributed by atoms with Crippen molar-refractivity contribution < 1.29 is 8.42 Å². The van der Waals surface area contributed by atoms with Crippen molar-refractivity contribution in [2.24, 2.45) is 5.92 Å². The molecule has 1 atom stereocenters. The number of rotatable bonds is 4. The third-order valence-corrected chi connectivity index (χ3v) is 7.99. The van der Waals surface area contributed by atoms with Gasteiger partial charge in [0.25, 0.3) is 10.0 Å². The zero-order valence-electron chi connectivity index (χ0n) is 12.0. The summed E-state index contributed by atoms with van der Waals surface area (Å²) in [6, 6.07) is 2.10. The summed E-state index contributed by atoms with van der Waals surface area (Å²) in [5.41, 5.74) is 0.828. The van der Waals surface area contributed by atoms with Crippen LogP contribution in [0.5, 0.6) is 0 Å². The Hall–Kier alpha value is -0.140. The van der Waals surface area contributed by atoms with Gasteiger partial charge >= 0.3 is 0 Å². The molecule has 0 aliphatic carbocycles. The van der Waals surface area contributed by atoms with E-state index in [1.54, 1.807) is 10.4 Å². The molecule has 0 spiro atoms. The molecule has 1 saturated heterocycles. The van der Waals surface area contributed by atoms with Crippen LogP contribution in [0.1, 0.15) is 25.3 Å². The topological polar surface area (TPSA) is 49.4 Å². The predicted octanol–water partition coefficient (Wildman–Crippen LogP) is 2.72. The Balaban J connectivity index is 2.09. The molecule has 1 aliphatic heterocycles. The molecule has 0 aromatic carbocycles. The lowest BCUT2D eigenvalue weighted by Gasteiger charge is -2.33. The van der Waals surface area contributed by atoms with E-state index in [9.17, 15) is 8.42 Å². The molecule has 1 N–H and O–H groups in total.